The minimum Gasteiger partial charge on any atom is -0.422 e. The number of nitrogen functional groups attached to an aromatic ring is 1. The summed E-state index contributed by atoms with van der Waals surface area (Å²) in [7, 11) is -3.04. The topological polar surface area (TPSA) is 218 Å². The van der Waals surface area contributed by atoms with Crippen molar-refractivity contribution in [3.63, 3.8) is 0 Å². The SMILES string of the molecule is C=C1O[P@@](=O)(S)OC[C@@H]2C[C@@H](O[PH](=O)OC[C@H]3C[C@@H](n4cnc5c(N)ncnc54)[C@H]13)[C@H](n1cnc3c(=O)n4ccnc4[nH]c31)O2. The van der Waals surface area contributed by atoms with Crippen molar-refractivity contribution in [3.05, 3.63) is 54.1 Å². The lowest BCUT2D eigenvalue weighted by atomic mass is 9.68. The van der Waals surface area contributed by atoms with Crippen molar-refractivity contribution in [2.75, 3.05) is 18.9 Å². The van der Waals surface area contributed by atoms with E-state index in [0.717, 1.165) is 0 Å². The van der Waals surface area contributed by atoms with Crippen molar-refractivity contribution in [1.82, 2.24) is 43.4 Å². The van der Waals surface area contributed by atoms with Crippen LogP contribution in [0.2, 0.25) is 0 Å². The number of hydrogen-bond donors (Lipinski definition) is 3. The Kier molecular flexibility index (Phi) is 6.90. The van der Waals surface area contributed by atoms with Gasteiger partial charge >= 0.3 is 15.1 Å². The molecule has 2 aliphatic heterocycles. The van der Waals surface area contributed by atoms with E-state index < -0.39 is 39.4 Å². The lowest BCUT2D eigenvalue weighted by Crippen LogP contribution is -2.42. The average Bonchev–Trinajstić information content (AvgIpc) is 3.77. The van der Waals surface area contributed by atoms with Gasteiger partial charge in [-0.2, -0.15) is 0 Å². The molecule has 3 fully saturated rings. The van der Waals surface area contributed by atoms with Gasteiger partial charge in [-0.3, -0.25) is 18.5 Å². The first-order chi connectivity index (χ1) is 21.7. The highest BCUT2D eigenvalue weighted by atomic mass is 32.7. The molecule has 2 saturated heterocycles. The van der Waals surface area contributed by atoms with Gasteiger partial charge in [0.1, 0.15) is 29.4 Å². The number of aromatic amines is 1. The van der Waals surface area contributed by atoms with E-state index in [9.17, 15) is 13.9 Å². The number of aromatic nitrogens is 9. The van der Waals surface area contributed by atoms with Crippen LogP contribution in [0.4, 0.5) is 5.82 Å². The molecule has 1 saturated carbocycles. The summed E-state index contributed by atoms with van der Waals surface area (Å²) in [5.74, 6) is 0.0111. The van der Waals surface area contributed by atoms with E-state index in [-0.39, 0.29) is 54.2 Å². The predicted octanol–water partition coefficient (Wildman–Crippen LogP) is 2.65. The van der Waals surface area contributed by atoms with Crippen LogP contribution in [0.3, 0.4) is 0 Å². The third-order valence-electron chi connectivity index (χ3n) is 8.41. The summed E-state index contributed by atoms with van der Waals surface area (Å²) in [6.07, 6.45) is 5.75. The minimum absolute atomic E-state index is 0.0314. The summed E-state index contributed by atoms with van der Waals surface area (Å²) in [6, 6.07) is -0.267. The molecular formula is C24H26N10O8P2S. The Morgan fingerprint density at radius 3 is 2.80 bits per heavy atom. The van der Waals surface area contributed by atoms with Crippen LogP contribution in [-0.4, -0.2) is 68.9 Å². The Morgan fingerprint density at radius 1 is 1.11 bits per heavy atom. The number of fused-ring (bicyclic) bond motifs is 6. The van der Waals surface area contributed by atoms with Gasteiger partial charge in [-0.25, -0.2) is 33.9 Å². The minimum atomic E-state index is -3.97. The molecule has 0 spiro atoms. The molecule has 236 valence electrons. The molecule has 21 heteroatoms. The molecule has 2 bridgehead atoms. The second kappa shape index (κ2) is 10.8. The Hall–Kier alpha value is -3.57. The lowest BCUT2D eigenvalue weighted by Gasteiger charge is -2.45. The van der Waals surface area contributed by atoms with Gasteiger partial charge in [0.05, 0.1) is 32.0 Å². The quantitative estimate of drug-likeness (QED) is 0.181. The normalized spacial score (nSPS) is 32.7. The van der Waals surface area contributed by atoms with Gasteiger partial charge in [-0.05, 0) is 24.6 Å². The maximum Gasteiger partial charge on any atom is 0.436 e. The monoisotopic (exact) mass is 676 g/mol. The number of allylic oxidation sites excluding steroid dienone is 1. The van der Waals surface area contributed by atoms with Gasteiger partial charge in [-0.15, -0.1) is 0 Å². The summed E-state index contributed by atoms with van der Waals surface area (Å²) >= 11 is 4.20. The molecule has 5 aromatic heterocycles. The molecule has 3 aliphatic rings. The number of hydrogen-bond acceptors (Lipinski definition) is 14. The number of rotatable bonds is 2. The standard InChI is InChI=1S/C24H26N10O8P2S/c1-11-16-12(4-14(16)33-9-29-17-19(25)27-8-28-20(17)33)6-38-43(36)41-15-5-13(7-39-44(37,45)42-11)40-23(15)34-10-30-18-21(34)31-24-26-2-3-32(24)22(18)35/h2-3,8-10,12-16,23,43H,1,4-7H2,(H,26,31)(H,37,45)(H2,25,27,28)/t12-,13+,14-,15-,16-,23-,44+/m1/s1. The molecule has 0 amide bonds. The third kappa shape index (κ3) is 4.90. The van der Waals surface area contributed by atoms with Crippen molar-refractivity contribution in [3.8, 4) is 0 Å². The fraction of sp³-hybridized carbons (Fsp3) is 0.417. The number of anilines is 1. The van der Waals surface area contributed by atoms with E-state index in [4.69, 9.17) is 28.6 Å². The van der Waals surface area contributed by atoms with E-state index in [1.165, 1.54) is 29.4 Å². The Morgan fingerprint density at radius 2 is 1.93 bits per heavy atom. The Bertz CT molecular complexity index is 2110. The van der Waals surface area contributed by atoms with Crippen molar-refractivity contribution >= 4 is 61.2 Å². The van der Waals surface area contributed by atoms with Crippen LogP contribution in [0.25, 0.3) is 28.1 Å². The molecule has 1 aliphatic carbocycles. The van der Waals surface area contributed by atoms with Crippen LogP contribution in [0.15, 0.2) is 48.5 Å². The summed E-state index contributed by atoms with van der Waals surface area (Å²) in [6.45, 7) is -0.0946. The van der Waals surface area contributed by atoms with Gasteiger partial charge in [0, 0.05) is 30.8 Å². The summed E-state index contributed by atoms with van der Waals surface area (Å²) in [5.41, 5.74) is 7.04. The van der Waals surface area contributed by atoms with Gasteiger partial charge < -0.3 is 33.6 Å². The van der Waals surface area contributed by atoms with Crippen LogP contribution >= 0.6 is 27.3 Å². The van der Waals surface area contributed by atoms with Gasteiger partial charge in [0.25, 0.3) is 5.56 Å². The molecule has 8 atom stereocenters. The van der Waals surface area contributed by atoms with Gasteiger partial charge in [0.15, 0.2) is 23.2 Å². The van der Waals surface area contributed by atoms with Crippen molar-refractivity contribution in [2.24, 2.45) is 11.8 Å². The summed E-state index contributed by atoms with van der Waals surface area (Å²) in [4.78, 5) is 37.1. The van der Waals surface area contributed by atoms with Crippen molar-refractivity contribution < 1.29 is 32.0 Å². The average molecular weight is 677 g/mol. The Balaban J connectivity index is 1.08. The molecule has 8 rings (SSSR count). The van der Waals surface area contributed by atoms with E-state index >= 15 is 0 Å². The number of nitrogens with one attached hydrogen (secondary N) is 1. The highest BCUT2D eigenvalue weighted by molar-refractivity contribution is 8.44. The highest BCUT2D eigenvalue weighted by Gasteiger charge is 2.48. The number of nitrogens with zero attached hydrogens (tertiary/aromatic N) is 8. The maximum absolute atomic E-state index is 13.4. The first-order valence-corrected chi connectivity index (χ1v) is 17.8. The lowest BCUT2D eigenvalue weighted by molar-refractivity contribution is -0.0421. The molecule has 5 aromatic rings. The molecule has 3 N–H and O–H groups in total. The third-order valence-corrected chi connectivity index (χ3v) is 10.8. The number of ether oxygens (including phenoxy) is 1. The first-order valence-electron chi connectivity index (χ1n) is 13.9. The van der Waals surface area contributed by atoms with Crippen LogP contribution in [0.5, 0.6) is 0 Å². The first kappa shape index (κ1) is 28.9. The van der Waals surface area contributed by atoms with Crippen LogP contribution in [0, 0.1) is 11.8 Å². The van der Waals surface area contributed by atoms with Crippen LogP contribution in [0.1, 0.15) is 25.1 Å². The second-order valence-electron chi connectivity index (χ2n) is 11.0. The molecule has 0 radical (unpaired) electrons. The smallest absolute Gasteiger partial charge is 0.422 e. The highest BCUT2D eigenvalue weighted by Crippen LogP contribution is 2.60. The van der Waals surface area contributed by atoms with Gasteiger partial charge in [0.2, 0.25) is 5.78 Å². The predicted molar refractivity (Wildman–Crippen MR) is 161 cm³/mol. The summed E-state index contributed by atoms with van der Waals surface area (Å²) < 4.78 is 60.6. The zero-order valence-corrected chi connectivity index (χ0v) is 26.0. The number of thiol groups is 1. The van der Waals surface area contributed by atoms with E-state index in [1.54, 1.807) is 10.9 Å². The zero-order chi connectivity index (χ0) is 31.0. The number of imidazole rings is 3. The van der Waals surface area contributed by atoms with Crippen LogP contribution in [-0.2, 0) is 32.0 Å². The summed E-state index contributed by atoms with van der Waals surface area (Å²) in [5, 5.41) is 0. The van der Waals surface area contributed by atoms with Gasteiger partial charge in [-0.1, -0.05) is 6.58 Å². The zero-order valence-electron chi connectivity index (χ0n) is 23.2. The maximum atomic E-state index is 13.4. The molecule has 45 heavy (non-hydrogen) atoms. The molecule has 0 aromatic carbocycles. The second-order valence-corrected chi connectivity index (χ2v) is 14.9. The Labute approximate surface area is 258 Å². The molecule has 7 heterocycles. The van der Waals surface area contributed by atoms with E-state index in [0.29, 0.717) is 29.0 Å². The fourth-order valence-corrected chi connectivity index (χ4v) is 8.52. The fourth-order valence-electron chi connectivity index (χ4n) is 6.30. The van der Waals surface area contributed by atoms with Crippen LogP contribution < -0.4 is 11.3 Å². The molecular weight excluding hydrogens is 650 g/mol. The van der Waals surface area contributed by atoms with Crippen molar-refractivity contribution in [1.29, 1.82) is 0 Å². The number of nitrogens with two attached hydrogens (primary N) is 1. The van der Waals surface area contributed by atoms with E-state index in [1.807, 2.05) is 4.57 Å². The number of H-pyrrole nitrogens is 1. The molecule has 1 unspecified atom stereocenters. The van der Waals surface area contributed by atoms with E-state index in [2.05, 4.69) is 48.7 Å². The molecule has 18 nitrogen and oxygen atoms in total. The van der Waals surface area contributed by atoms with Crippen molar-refractivity contribution in [2.45, 2.75) is 37.3 Å². The largest absolute Gasteiger partial charge is 0.436 e.